The van der Waals surface area contributed by atoms with Crippen molar-refractivity contribution in [2.45, 2.75) is 27.7 Å². The fraction of sp³-hybridized carbons (Fsp3) is 0.500. The van der Waals surface area contributed by atoms with Gasteiger partial charge in [-0.05, 0) is 45.9 Å². The van der Waals surface area contributed by atoms with Crippen LogP contribution in [0.1, 0.15) is 36.8 Å². The van der Waals surface area contributed by atoms with E-state index in [9.17, 15) is 4.79 Å². The molecule has 1 N–H and O–H groups in total. The molecular weight excluding hydrogens is 382 g/mol. The van der Waals surface area contributed by atoms with Crippen molar-refractivity contribution in [2.75, 3.05) is 56.2 Å². The number of ether oxygens (including phenoxy) is 2. The summed E-state index contributed by atoms with van der Waals surface area (Å²) in [6, 6.07) is 7.32. The summed E-state index contributed by atoms with van der Waals surface area (Å²) >= 11 is 0. The largest absolute Gasteiger partial charge is 0.490 e. The number of piperazine rings is 1. The SMILES string of the molecule is CCNc1cc(C)nc(N2CCN(C(=O)c3ccc(OCC)c(OCC)c3)CC2)n1. The first-order valence-electron chi connectivity index (χ1n) is 10.6. The predicted molar refractivity (Wildman–Crippen MR) is 118 cm³/mol. The van der Waals surface area contributed by atoms with Crippen molar-refractivity contribution in [3.05, 3.63) is 35.5 Å². The van der Waals surface area contributed by atoms with Gasteiger partial charge in [0, 0.05) is 50.0 Å². The molecule has 1 aliphatic rings. The van der Waals surface area contributed by atoms with Crippen LogP contribution >= 0.6 is 0 Å². The third-order valence-corrected chi connectivity index (χ3v) is 4.84. The maximum Gasteiger partial charge on any atom is 0.254 e. The lowest BCUT2D eigenvalue weighted by Crippen LogP contribution is -2.49. The number of aryl methyl sites for hydroxylation is 1. The van der Waals surface area contributed by atoms with Gasteiger partial charge in [-0.15, -0.1) is 0 Å². The van der Waals surface area contributed by atoms with Gasteiger partial charge in [0.1, 0.15) is 5.82 Å². The van der Waals surface area contributed by atoms with Crippen molar-refractivity contribution in [3.8, 4) is 11.5 Å². The average Bonchev–Trinajstić information content (AvgIpc) is 2.75. The first-order chi connectivity index (χ1) is 14.5. The van der Waals surface area contributed by atoms with Crippen molar-refractivity contribution >= 4 is 17.7 Å². The molecule has 0 spiro atoms. The van der Waals surface area contributed by atoms with Gasteiger partial charge in [0.05, 0.1) is 13.2 Å². The first-order valence-corrected chi connectivity index (χ1v) is 10.6. The zero-order chi connectivity index (χ0) is 21.5. The minimum Gasteiger partial charge on any atom is -0.490 e. The van der Waals surface area contributed by atoms with Gasteiger partial charge in [-0.1, -0.05) is 0 Å². The van der Waals surface area contributed by atoms with Gasteiger partial charge in [-0.2, -0.15) is 4.98 Å². The topological polar surface area (TPSA) is 79.8 Å². The molecule has 0 aliphatic carbocycles. The average molecular weight is 414 g/mol. The Labute approximate surface area is 178 Å². The second-order valence-corrected chi connectivity index (χ2v) is 7.03. The second-order valence-electron chi connectivity index (χ2n) is 7.03. The van der Waals surface area contributed by atoms with E-state index in [0.717, 1.165) is 18.1 Å². The van der Waals surface area contributed by atoms with Gasteiger partial charge in [0.2, 0.25) is 5.95 Å². The fourth-order valence-electron chi connectivity index (χ4n) is 3.44. The molecule has 0 radical (unpaired) electrons. The van der Waals surface area contributed by atoms with E-state index in [-0.39, 0.29) is 5.91 Å². The monoisotopic (exact) mass is 413 g/mol. The van der Waals surface area contributed by atoms with Gasteiger partial charge in [0.25, 0.3) is 5.91 Å². The summed E-state index contributed by atoms with van der Waals surface area (Å²) in [6.07, 6.45) is 0. The Hall–Kier alpha value is -3.03. The standard InChI is InChI=1S/C22H31N5O3/c1-5-23-20-14-16(4)24-22(25-20)27-12-10-26(11-13-27)21(28)17-8-9-18(29-6-2)19(15-17)30-7-3/h8-9,14-15H,5-7,10-13H2,1-4H3,(H,23,24,25). The van der Waals surface area contributed by atoms with Gasteiger partial charge < -0.3 is 24.6 Å². The highest BCUT2D eigenvalue weighted by Crippen LogP contribution is 2.29. The highest BCUT2D eigenvalue weighted by atomic mass is 16.5. The molecule has 0 unspecified atom stereocenters. The number of nitrogens with zero attached hydrogens (tertiary/aromatic N) is 4. The Balaban J connectivity index is 1.67. The number of anilines is 2. The molecule has 3 rings (SSSR count). The van der Waals surface area contributed by atoms with Gasteiger partial charge in [0.15, 0.2) is 11.5 Å². The summed E-state index contributed by atoms with van der Waals surface area (Å²) in [5.74, 6) is 2.80. The molecule has 1 aromatic carbocycles. The van der Waals surface area contributed by atoms with Gasteiger partial charge in [-0.3, -0.25) is 4.79 Å². The number of aromatic nitrogens is 2. The number of nitrogens with one attached hydrogen (secondary N) is 1. The van der Waals surface area contributed by atoms with Crippen molar-refractivity contribution < 1.29 is 14.3 Å². The van der Waals surface area contributed by atoms with Crippen molar-refractivity contribution in [1.29, 1.82) is 0 Å². The quantitative estimate of drug-likeness (QED) is 0.713. The second kappa shape index (κ2) is 10.1. The third kappa shape index (κ3) is 5.11. The van der Waals surface area contributed by atoms with E-state index < -0.39 is 0 Å². The summed E-state index contributed by atoms with van der Waals surface area (Å²) in [7, 11) is 0. The summed E-state index contributed by atoms with van der Waals surface area (Å²) in [4.78, 5) is 26.2. The third-order valence-electron chi connectivity index (χ3n) is 4.84. The Bertz CT molecular complexity index is 866. The number of carbonyl (C=O) groups is 1. The van der Waals surface area contributed by atoms with E-state index in [2.05, 4.69) is 20.2 Å². The van der Waals surface area contributed by atoms with E-state index in [1.807, 2.05) is 38.7 Å². The highest BCUT2D eigenvalue weighted by Gasteiger charge is 2.24. The lowest BCUT2D eigenvalue weighted by molar-refractivity contribution is 0.0745. The smallest absolute Gasteiger partial charge is 0.254 e. The van der Waals surface area contributed by atoms with Crippen LogP contribution in [0, 0.1) is 6.92 Å². The van der Waals surface area contributed by atoms with E-state index >= 15 is 0 Å². The van der Waals surface area contributed by atoms with E-state index in [1.165, 1.54) is 0 Å². The molecule has 8 nitrogen and oxygen atoms in total. The normalized spacial score (nSPS) is 13.9. The number of hydrogen-bond donors (Lipinski definition) is 1. The molecule has 1 aromatic heterocycles. The van der Waals surface area contributed by atoms with Crippen molar-refractivity contribution in [3.63, 3.8) is 0 Å². The molecule has 162 valence electrons. The summed E-state index contributed by atoms with van der Waals surface area (Å²) < 4.78 is 11.3. The molecule has 1 amide bonds. The minimum atomic E-state index is -0.00264. The van der Waals surface area contributed by atoms with Crippen LogP contribution in [-0.2, 0) is 0 Å². The zero-order valence-corrected chi connectivity index (χ0v) is 18.3. The fourth-order valence-corrected chi connectivity index (χ4v) is 3.44. The summed E-state index contributed by atoms with van der Waals surface area (Å²) in [5.41, 5.74) is 1.53. The molecule has 1 saturated heterocycles. The predicted octanol–water partition coefficient (Wildman–Crippen LogP) is 2.98. The maximum absolute atomic E-state index is 13.0. The Kier molecular flexibility index (Phi) is 7.32. The van der Waals surface area contributed by atoms with Crippen LogP contribution < -0.4 is 19.7 Å². The van der Waals surface area contributed by atoms with Gasteiger partial charge in [-0.25, -0.2) is 4.98 Å². The Morgan fingerprint density at radius 1 is 1.00 bits per heavy atom. The van der Waals surface area contributed by atoms with Crippen LogP contribution in [0.3, 0.4) is 0 Å². The maximum atomic E-state index is 13.0. The van der Waals surface area contributed by atoms with Crippen LogP contribution in [0.5, 0.6) is 11.5 Å². The van der Waals surface area contributed by atoms with Gasteiger partial charge >= 0.3 is 0 Å². The minimum absolute atomic E-state index is 0.00264. The van der Waals surface area contributed by atoms with Crippen molar-refractivity contribution in [1.82, 2.24) is 14.9 Å². The highest BCUT2D eigenvalue weighted by molar-refractivity contribution is 5.95. The van der Waals surface area contributed by atoms with E-state index in [0.29, 0.717) is 62.4 Å². The lowest BCUT2D eigenvalue weighted by Gasteiger charge is -2.35. The molecule has 2 aromatic rings. The zero-order valence-electron chi connectivity index (χ0n) is 18.3. The van der Waals surface area contributed by atoms with Crippen molar-refractivity contribution in [2.24, 2.45) is 0 Å². The number of hydrogen-bond acceptors (Lipinski definition) is 7. The first kappa shape index (κ1) is 21.7. The number of carbonyl (C=O) groups excluding carboxylic acids is 1. The summed E-state index contributed by atoms with van der Waals surface area (Å²) in [5, 5.41) is 3.24. The van der Waals surface area contributed by atoms with Crippen LogP contribution in [0.25, 0.3) is 0 Å². The molecular formula is C22H31N5O3. The molecule has 30 heavy (non-hydrogen) atoms. The molecule has 8 heteroatoms. The Morgan fingerprint density at radius 3 is 2.37 bits per heavy atom. The lowest BCUT2D eigenvalue weighted by atomic mass is 10.1. The van der Waals surface area contributed by atoms with Crippen LogP contribution in [0.15, 0.2) is 24.3 Å². The molecule has 2 heterocycles. The molecule has 0 saturated carbocycles. The number of benzene rings is 1. The molecule has 0 atom stereocenters. The number of amides is 1. The molecule has 0 bridgehead atoms. The number of rotatable bonds is 8. The summed E-state index contributed by atoms with van der Waals surface area (Å²) in [6.45, 7) is 12.3. The van der Waals surface area contributed by atoms with E-state index in [4.69, 9.17) is 9.47 Å². The molecule has 1 fully saturated rings. The van der Waals surface area contributed by atoms with Crippen LogP contribution in [-0.4, -0.2) is 66.7 Å². The molecule has 1 aliphatic heterocycles. The van der Waals surface area contributed by atoms with E-state index in [1.54, 1.807) is 18.2 Å². The van der Waals surface area contributed by atoms with Crippen LogP contribution in [0.2, 0.25) is 0 Å². The van der Waals surface area contributed by atoms with Crippen LogP contribution in [0.4, 0.5) is 11.8 Å². The Morgan fingerprint density at radius 2 is 1.70 bits per heavy atom.